The molecule has 0 amide bonds. The molecule has 0 spiro atoms. The van der Waals surface area contributed by atoms with Gasteiger partial charge in [-0.05, 0) is 32.3 Å². The third kappa shape index (κ3) is 2.28. The van der Waals surface area contributed by atoms with Gasteiger partial charge < -0.3 is 9.84 Å². The molecule has 0 aromatic carbocycles. The molecule has 90 valence electrons. The highest BCUT2D eigenvalue weighted by atomic mass is 16.5. The first-order valence-electron chi connectivity index (χ1n) is 5.97. The van der Waals surface area contributed by atoms with Crippen LogP contribution in [-0.2, 0) is 17.7 Å². The van der Waals surface area contributed by atoms with E-state index in [0.29, 0.717) is 6.42 Å². The van der Waals surface area contributed by atoms with Crippen molar-refractivity contribution in [1.29, 1.82) is 0 Å². The summed E-state index contributed by atoms with van der Waals surface area (Å²) in [5, 5.41) is 14.4. The number of ether oxygens (including phenoxy) is 1. The SMILES string of the molecule is CCn1cc(CC(O)C2(C)CCCO2)cn1. The molecule has 1 aliphatic heterocycles. The predicted molar refractivity (Wildman–Crippen MR) is 61.2 cm³/mol. The Morgan fingerprint density at radius 1 is 1.69 bits per heavy atom. The van der Waals surface area contributed by atoms with Crippen LogP contribution in [0.15, 0.2) is 12.4 Å². The van der Waals surface area contributed by atoms with E-state index in [1.54, 1.807) is 0 Å². The average Bonchev–Trinajstić information content (AvgIpc) is 2.88. The first-order valence-corrected chi connectivity index (χ1v) is 5.97. The molecule has 2 rings (SSSR count). The highest BCUT2D eigenvalue weighted by Gasteiger charge is 2.37. The highest BCUT2D eigenvalue weighted by molar-refractivity contribution is 5.08. The summed E-state index contributed by atoms with van der Waals surface area (Å²) in [6.45, 7) is 5.68. The maximum Gasteiger partial charge on any atom is 0.0916 e. The van der Waals surface area contributed by atoms with Crippen LogP contribution in [0.25, 0.3) is 0 Å². The van der Waals surface area contributed by atoms with Gasteiger partial charge in [0.15, 0.2) is 0 Å². The van der Waals surface area contributed by atoms with E-state index in [4.69, 9.17) is 4.74 Å². The fourth-order valence-corrected chi connectivity index (χ4v) is 2.19. The number of hydrogen-bond donors (Lipinski definition) is 1. The van der Waals surface area contributed by atoms with Crippen LogP contribution in [0.4, 0.5) is 0 Å². The standard InChI is InChI=1S/C12H20N2O2/c1-3-14-9-10(8-13-14)7-11(15)12(2)5-4-6-16-12/h8-9,11,15H,3-7H2,1-2H3. The molecule has 2 atom stereocenters. The van der Waals surface area contributed by atoms with Crippen LogP contribution >= 0.6 is 0 Å². The second kappa shape index (κ2) is 4.55. The van der Waals surface area contributed by atoms with Gasteiger partial charge in [-0.3, -0.25) is 4.68 Å². The van der Waals surface area contributed by atoms with Crippen molar-refractivity contribution in [2.75, 3.05) is 6.61 Å². The molecule has 0 saturated carbocycles. The second-order valence-corrected chi connectivity index (χ2v) is 4.69. The molecule has 2 unspecified atom stereocenters. The third-order valence-corrected chi connectivity index (χ3v) is 3.39. The minimum atomic E-state index is -0.440. The largest absolute Gasteiger partial charge is 0.390 e. The van der Waals surface area contributed by atoms with Gasteiger partial charge in [-0.2, -0.15) is 5.10 Å². The van der Waals surface area contributed by atoms with Crippen LogP contribution in [0.1, 0.15) is 32.3 Å². The van der Waals surface area contributed by atoms with Crippen LogP contribution in [0, 0.1) is 0 Å². The molecular weight excluding hydrogens is 204 g/mol. The van der Waals surface area contributed by atoms with E-state index in [2.05, 4.69) is 12.0 Å². The van der Waals surface area contributed by atoms with Crippen LogP contribution in [0.2, 0.25) is 0 Å². The molecule has 16 heavy (non-hydrogen) atoms. The van der Waals surface area contributed by atoms with Gasteiger partial charge in [0.25, 0.3) is 0 Å². The summed E-state index contributed by atoms with van der Waals surface area (Å²) in [7, 11) is 0. The van der Waals surface area contributed by atoms with E-state index in [1.165, 1.54) is 0 Å². The second-order valence-electron chi connectivity index (χ2n) is 4.69. The number of aliphatic hydroxyl groups excluding tert-OH is 1. The molecule has 1 fully saturated rings. The van der Waals surface area contributed by atoms with Crippen molar-refractivity contribution in [3.8, 4) is 0 Å². The number of hydrogen-bond acceptors (Lipinski definition) is 3. The van der Waals surface area contributed by atoms with Crippen LogP contribution in [0.5, 0.6) is 0 Å². The van der Waals surface area contributed by atoms with E-state index in [1.807, 2.05) is 24.0 Å². The summed E-state index contributed by atoms with van der Waals surface area (Å²) in [6, 6.07) is 0. The van der Waals surface area contributed by atoms with Crippen LogP contribution in [-0.4, -0.2) is 33.2 Å². The Morgan fingerprint density at radius 2 is 2.50 bits per heavy atom. The predicted octanol–water partition coefficient (Wildman–Crippen LogP) is 1.38. The molecule has 4 heteroatoms. The van der Waals surface area contributed by atoms with Gasteiger partial charge >= 0.3 is 0 Å². The maximum atomic E-state index is 10.2. The Labute approximate surface area is 96.2 Å². The lowest BCUT2D eigenvalue weighted by Crippen LogP contribution is -2.39. The summed E-state index contributed by atoms with van der Waals surface area (Å²) >= 11 is 0. The zero-order chi connectivity index (χ0) is 11.6. The Hall–Kier alpha value is -0.870. The van der Waals surface area contributed by atoms with Crippen LogP contribution < -0.4 is 0 Å². The average molecular weight is 224 g/mol. The van der Waals surface area contributed by atoms with E-state index in [0.717, 1.165) is 31.6 Å². The fraction of sp³-hybridized carbons (Fsp3) is 0.750. The molecule has 2 heterocycles. The van der Waals surface area contributed by atoms with Crippen molar-refractivity contribution < 1.29 is 9.84 Å². The lowest BCUT2D eigenvalue weighted by molar-refractivity contribution is -0.0768. The van der Waals surface area contributed by atoms with E-state index < -0.39 is 6.10 Å². The van der Waals surface area contributed by atoms with Crippen molar-refractivity contribution in [3.05, 3.63) is 18.0 Å². The number of aryl methyl sites for hydroxylation is 1. The summed E-state index contributed by atoms with van der Waals surface area (Å²) < 4.78 is 7.51. The van der Waals surface area contributed by atoms with Gasteiger partial charge in [0.2, 0.25) is 0 Å². The normalized spacial score (nSPS) is 27.2. The van der Waals surface area contributed by atoms with Crippen molar-refractivity contribution >= 4 is 0 Å². The molecule has 4 nitrogen and oxygen atoms in total. The number of aromatic nitrogens is 2. The molecule has 0 radical (unpaired) electrons. The molecule has 1 aromatic rings. The number of rotatable bonds is 4. The lowest BCUT2D eigenvalue weighted by atomic mass is 9.92. The summed E-state index contributed by atoms with van der Waals surface area (Å²) in [4.78, 5) is 0. The van der Waals surface area contributed by atoms with Gasteiger partial charge in [0.05, 0.1) is 17.9 Å². The van der Waals surface area contributed by atoms with Gasteiger partial charge in [-0.15, -0.1) is 0 Å². The molecular formula is C12H20N2O2. The first kappa shape index (κ1) is 11.6. The van der Waals surface area contributed by atoms with Crippen molar-refractivity contribution in [1.82, 2.24) is 9.78 Å². The van der Waals surface area contributed by atoms with Gasteiger partial charge in [-0.25, -0.2) is 0 Å². The summed E-state index contributed by atoms with van der Waals surface area (Å²) in [5.74, 6) is 0. The summed E-state index contributed by atoms with van der Waals surface area (Å²) in [6.07, 6.45) is 5.98. The molecule has 0 bridgehead atoms. The Bertz CT molecular complexity index is 343. The monoisotopic (exact) mass is 224 g/mol. The Kier molecular flexibility index (Phi) is 3.30. The lowest BCUT2D eigenvalue weighted by Gasteiger charge is -2.28. The van der Waals surface area contributed by atoms with Gasteiger partial charge in [-0.1, -0.05) is 0 Å². The summed E-state index contributed by atoms with van der Waals surface area (Å²) in [5.41, 5.74) is 0.708. The topological polar surface area (TPSA) is 47.3 Å². The molecule has 0 aliphatic carbocycles. The van der Waals surface area contributed by atoms with Crippen molar-refractivity contribution in [2.24, 2.45) is 0 Å². The third-order valence-electron chi connectivity index (χ3n) is 3.39. The minimum Gasteiger partial charge on any atom is -0.390 e. The number of aliphatic hydroxyl groups is 1. The molecule has 1 aromatic heterocycles. The van der Waals surface area contributed by atoms with Crippen molar-refractivity contribution in [3.63, 3.8) is 0 Å². The zero-order valence-corrected chi connectivity index (χ0v) is 10.0. The van der Waals surface area contributed by atoms with Gasteiger partial charge in [0.1, 0.15) is 0 Å². The van der Waals surface area contributed by atoms with Gasteiger partial charge in [0, 0.05) is 25.8 Å². The fourth-order valence-electron chi connectivity index (χ4n) is 2.19. The minimum absolute atomic E-state index is 0.367. The molecule has 1 N–H and O–H groups in total. The van der Waals surface area contributed by atoms with E-state index in [-0.39, 0.29) is 5.60 Å². The quantitative estimate of drug-likeness (QED) is 0.840. The zero-order valence-electron chi connectivity index (χ0n) is 10.0. The Balaban J connectivity index is 1.98. The van der Waals surface area contributed by atoms with E-state index in [9.17, 15) is 5.11 Å². The highest BCUT2D eigenvalue weighted by Crippen LogP contribution is 2.30. The smallest absolute Gasteiger partial charge is 0.0916 e. The first-order chi connectivity index (χ1) is 7.64. The molecule has 1 saturated heterocycles. The van der Waals surface area contributed by atoms with E-state index >= 15 is 0 Å². The van der Waals surface area contributed by atoms with Crippen molar-refractivity contribution in [2.45, 2.75) is 51.4 Å². The van der Waals surface area contributed by atoms with Crippen LogP contribution in [0.3, 0.4) is 0 Å². The maximum absolute atomic E-state index is 10.2. The molecule has 1 aliphatic rings. The number of nitrogens with zero attached hydrogens (tertiary/aromatic N) is 2. The Morgan fingerprint density at radius 3 is 3.06 bits per heavy atom.